The number of hydrogen-bond acceptors (Lipinski definition) is 5. The van der Waals surface area contributed by atoms with E-state index in [4.69, 9.17) is 4.84 Å². The molecule has 0 bridgehead atoms. The number of anilines is 1. The van der Waals surface area contributed by atoms with E-state index in [1.165, 1.54) is 32.1 Å². The van der Waals surface area contributed by atoms with Crippen LogP contribution in [0, 0.1) is 0 Å². The lowest BCUT2D eigenvalue weighted by molar-refractivity contribution is 0.174. The van der Waals surface area contributed by atoms with Crippen molar-refractivity contribution < 1.29 is 4.84 Å². The molecule has 0 saturated heterocycles. The molecule has 6 nitrogen and oxygen atoms in total. The molecular weight excluding hydrogens is 290 g/mol. The molecule has 2 aliphatic rings. The van der Waals surface area contributed by atoms with Gasteiger partial charge in [-0.3, -0.25) is 0 Å². The van der Waals surface area contributed by atoms with Gasteiger partial charge in [-0.2, -0.15) is 5.10 Å². The van der Waals surface area contributed by atoms with Gasteiger partial charge in [0.25, 0.3) is 0 Å². The number of nitrogens with zero attached hydrogens (tertiary/aromatic N) is 4. The molecule has 0 radical (unpaired) electrons. The maximum atomic E-state index is 5.21. The molecule has 1 aliphatic carbocycles. The number of rotatable bonds is 4. The summed E-state index contributed by atoms with van der Waals surface area (Å²) >= 11 is 0. The van der Waals surface area contributed by atoms with E-state index in [1.807, 2.05) is 17.1 Å². The van der Waals surface area contributed by atoms with Crippen LogP contribution in [-0.2, 0) is 11.4 Å². The predicted octanol–water partition coefficient (Wildman–Crippen LogP) is 3.32. The summed E-state index contributed by atoms with van der Waals surface area (Å²) in [6, 6.07) is 0.529. The highest BCUT2D eigenvalue weighted by Crippen LogP contribution is 2.31. The minimum absolute atomic E-state index is 0.529. The van der Waals surface area contributed by atoms with Crippen LogP contribution in [0.25, 0.3) is 11.0 Å². The Morgan fingerprint density at radius 2 is 2.13 bits per heavy atom. The van der Waals surface area contributed by atoms with Gasteiger partial charge in [-0.05, 0) is 19.8 Å². The average Bonchev–Trinajstić information content (AvgIpc) is 3.25. The highest BCUT2D eigenvalue weighted by Gasteiger charge is 2.22. The molecule has 122 valence electrons. The van der Waals surface area contributed by atoms with Crippen molar-refractivity contribution in [1.82, 2.24) is 14.8 Å². The van der Waals surface area contributed by atoms with Crippen LogP contribution >= 0.6 is 0 Å². The first-order valence-electron chi connectivity index (χ1n) is 8.67. The van der Waals surface area contributed by atoms with Gasteiger partial charge in [0.15, 0.2) is 5.65 Å². The second-order valence-electron chi connectivity index (χ2n) is 6.34. The minimum Gasteiger partial charge on any atom is -0.395 e. The van der Waals surface area contributed by atoms with E-state index < -0.39 is 0 Å². The Labute approximate surface area is 135 Å². The van der Waals surface area contributed by atoms with Gasteiger partial charge in [-0.15, -0.1) is 0 Å². The van der Waals surface area contributed by atoms with Crippen molar-refractivity contribution >= 4 is 22.4 Å². The lowest BCUT2D eigenvalue weighted by Crippen LogP contribution is -2.23. The van der Waals surface area contributed by atoms with Gasteiger partial charge in [-0.1, -0.05) is 24.4 Å². The molecule has 6 heteroatoms. The zero-order valence-corrected chi connectivity index (χ0v) is 13.6. The molecule has 0 amide bonds. The fourth-order valence-corrected chi connectivity index (χ4v) is 3.58. The van der Waals surface area contributed by atoms with E-state index in [0.29, 0.717) is 12.6 Å². The third-order valence-electron chi connectivity index (χ3n) is 4.84. The fourth-order valence-electron chi connectivity index (χ4n) is 3.58. The highest BCUT2D eigenvalue weighted by atomic mass is 16.6. The number of nitrogens with one attached hydrogen (secondary N) is 1. The zero-order valence-electron chi connectivity index (χ0n) is 13.6. The van der Waals surface area contributed by atoms with Gasteiger partial charge in [0.05, 0.1) is 23.0 Å². The van der Waals surface area contributed by atoms with Crippen molar-refractivity contribution in [2.75, 3.05) is 11.9 Å². The van der Waals surface area contributed by atoms with Crippen LogP contribution in [0.3, 0.4) is 0 Å². The first kappa shape index (κ1) is 14.5. The smallest absolute Gasteiger partial charge is 0.159 e. The van der Waals surface area contributed by atoms with Crippen LogP contribution in [0.4, 0.5) is 5.69 Å². The molecule has 1 saturated carbocycles. The molecule has 0 unspecified atom stereocenters. The molecule has 23 heavy (non-hydrogen) atoms. The molecule has 2 aromatic heterocycles. The van der Waals surface area contributed by atoms with E-state index in [0.717, 1.165) is 41.0 Å². The minimum atomic E-state index is 0.529. The summed E-state index contributed by atoms with van der Waals surface area (Å²) in [4.78, 5) is 9.84. The Bertz CT molecular complexity index is 730. The van der Waals surface area contributed by atoms with Crippen LogP contribution in [-0.4, -0.2) is 33.1 Å². The quantitative estimate of drug-likeness (QED) is 0.940. The number of hydrogen-bond donors (Lipinski definition) is 1. The lowest BCUT2D eigenvalue weighted by Gasteiger charge is -2.25. The number of fused-ring (bicyclic) bond motifs is 1. The van der Waals surface area contributed by atoms with Crippen molar-refractivity contribution in [2.45, 2.75) is 58.0 Å². The second-order valence-corrected chi connectivity index (χ2v) is 6.34. The Morgan fingerprint density at radius 3 is 2.87 bits per heavy atom. The van der Waals surface area contributed by atoms with Crippen LogP contribution in [0.5, 0.6) is 0 Å². The Kier molecular flexibility index (Phi) is 3.89. The summed E-state index contributed by atoms with van der Waals surface area (Å²) in [6.45, 7) is 3.57. The van der Waals surface area contributed by atoms with Crippen LogP contribution in [0.15, 0.2) is 17.5 Å². The summed E-state index contributed by atoms with van der Waals surface area (Å²) in [5, 5.41) is 13.5. The second kappa shape index (κ2) is 6.18. The van der Waals surface area contributed by atoms with E-state index in [2.05, 4.69) is 27.5 Å². The monoisotopic (exact) mass is 313 g/mol. The summed E-state index contributed by atoms with van der Waals surface area (Å²) in [7, 11) is 0. The van der Waals surface area contributed by atoms with Gasteiger partial charge < -0.3 is 10.2 Å². The largest absolute Gasteiger partial charge is 0.395 e. The summed E-state index contributed by atoms with van der Waals surface area (Å²) in [5.41, 5.74) is 4.12. The summed E-state index contributed by atoms with van der Waals surface area (Å²) in [6.07, 6.45) is 11.1. The summed E-state index contributed by atoms with van der Waals surface area (Å²) in [5.74, 6) is 0. The van der Waals surface area contributed by atoms with E-state index in [9.17, 15) is 0 Å². The van der Waals surface area contributed by atoms with Crippen molar-refractivity contribution in [3.8, 4) is 0 Å². The third kappa shape index (κ3) is 2.66. The first-order chi connectivity index (χ1) is 11.4. The van der Waals surface area contributed by atoms with Crippen molar-refractivity contribution in [3.63, 3.8) is 0 Å². The van der Waals surface area contributed by atoms with Crippen LogP contribution in [0.1, 0.15) is 51.0 Å². The van der Waals surface area contributed by atoms with Gasteiger partial charge in [0.2, 0.25) is 0 Å². The Hall–Kier alpha value is -2.11. The predicted molar refractivity (Wildman–Crippen MR) is 90.8 cm³/mol. The SMILES string of the molecule is CCn1ncc2c(NC3CCCCC3)c(C3=NOCC3)cnc21. The number of oxime groups is 1. The van der Waals surface area contributed by atoms with Crippen molar-refractivity contribution in [3.05, 3.63) is 18.0 Å². The molecule has 2 aromatic rings. The first-order valence-corrected chi connectivity index (χ1v) is 8.67. The van der Waals surface area contributed by atoms with Gasteiger partial charge in [-0.25, -0.2) is 9.67 Å². The molecule has 0 aromatic carbocycles. The Morgan fingerprint density at radius 1 is 1.26 bits per heavy atom. The van der Waals surface area contributed by atoms with Crippen molar-refractivity contribution in [1.29, 1.82) is 0 Å². The van der Waals surface area contributed by atoms with Crippen LogP contribution < -0.4 is 5.32 Å². The van der Waals surface area contributed by atoms with E-state index in [1.54, 1.807) is 0 Å². The van der Waals surface area contributed by atoms with Gasteiger partial charge >= 0.3 is 0 Å². The maximum Gasteiger partial charge on any atom is 0.159 e. The van der Waals surface area contributed by atoms with Crippen molar-refractivity contribution in [2.24, 2.45) is 5.16 Å². The van der Waals surface area contributed by atoms with Gasteiger partial charge in [0, 0.05) is 30.8 Å². The van der Waals surface area contributed by atoms with Gasteiger partial charge in [0.1, 0.15) is 6.61 Å². The maximum absolute atomic E-state index is 5.21. The molecule has 1 N–H and O–H groups in total. The third-order valence-corrected chi connectivity index (χ3v) is 4.84. The molecule has 0 spiro atoms. The lowest BCUT2D eigenvalue weighted by atomic mass is 9.94. The number of aryl methyl sites for hydroxylation is 1. The Balaban J connectivity index is 1.78. The van der Waals surface area contributed by atoms with E-state index >= 15 is 0 Å². The standard InChI is InChI=1S/C17H23N5O/c1-2-22-17-14(11-19-22)16(20-12-6-4-3-5-7-12)13(10-18-17)15-8-9-23-21-15/h10-12H,2-9H2,1H3,(H,18,20). The average molecular weight is 313 g/mol. The van der Waals surface area contributed by atoms with Crippen LogP contribution in [0.2, 0.25) is 0 Å². The molecule has 0 atom stereocenters. The van der Waals surface area contributed by atoms with E-state index in [-0.39, 0.29) is 0 Å². The molecule has 3 heterocycles. The fraction of sp³-hybridized carbons (Fsp3) is 0.588. The molecule has 1 fully saturated rings. The molecule has 1 aliphatic heterocycles. The zero-order chi connectivity index (χ0) is 15.6. The number of aromatic nitrogens is 3. The topological polar surface area (TPSA) is 64.3 Å². The molecule has 4 rings (SSSR count). The molecular formula is C17H23N5O. The summed E-state index contributed by atoms with van der Waals surface area (Å²) < 4.78 is 1.94. The normalized spacial score (nSPS) is 18.9. The number of pyridine rings is 1. The highest BCUT2D eigenvalue weighted by molar-refractivity contribution is 6.10.